The maximum absolute atomic E-state index is 15.7. The molecule has 390 valence electrons. The van der Waals surface area contributed by atoms with Gasteiger partial charge in [-0.3, -0.25) is 0 Å². The van der Waals surface area contributed by atoms with Crippen molar-refractivity contribution in [2.24, 2.45) is 5.92 Å². The first kappa shape index (κ1) is 52.5. The molecule has 0 amide bonds. The number of rotatable bonds is 20. The van der Waals surface area contributed by atoms with Crippen LogP contribution in [0.3, 0.4) is 0 Å². The number of benzene rings is 2. The number of carbonyl (C=O) groups is 2. The van der Waals surface area contributed by atoms with E-state index in [0.717, 1.165) is 69.8 Å². The van der Waals surface area contributed by atoms with Gasteiger partial charge in [0.1, 0.15) is 22.9 Å². The minimum Gasteiger partial charge on any atom is -0.497 e. The maximum atomic E-state index is 15.7. The zero-order chi connectivity index (χ0) is 50.8. The molecule has 3 N–H and O–H groups in total. The number of hydrogen-bond donors (Lipinski definition) is 3. The second-order valence-electron chi connectivity index (χ2n) is 19.4. The molecule has 6 fully saturated rings. The summed E-state index contributed by atoms with van der Waals surface area (Å²) in [5.41, 5.74) is 0.932. The molecule has 4 heterocycles. The first-order chi connectivity index (χ1) is 34.9. The molecule has 0 radical (unpaired) electrons. The van der Waals surface area contributed by atoms with Crippen molar-refractivity contribution < 1.29 is 66.5 Å². The fourth-order valence-electron chi connectivity index (χ4n) is 9.23. The van der Waals surface area contributed by atoms with Gasteiger partial charge in [0.05, 0.1) is 52.4 Å². The van der Waals surface area contributed by atoms with Crippen molar-refractivity contribution in [3.05, 3.63) is 71.6 Å². The number of halogens is 2. The van der Waals surface area contributed by atoms with Crippen molar-refractivity contribution in [3.63, 3.8) is 0 Å². The average Bonchev–Trinajstić information content (AvgIpc) is 4.33. The van der Waals surface area contributed by atoms with E-state index in [1.54, 1.807) is 43.6 Å². The van der Waals surface area contributed by atoms with Crippen LogP contribution in [0.2, 0.25) is 0 Å². The number of carboxylic acids is 2. The molecular formula is C55H69F2N3O12. The molecule has 72 heavy (non-hydrogen) atoms. The summed E-state index contributed by atoms with van der Waals surface area (Å²) in [5.74, 6) is -0.221. The zero-order valence-corrected chi connectivity index (χ0v) is 41.9. The summed E-state index contributed by atoms with van der Waals surface area (Å²) in [6.45, 7) is 5.56. The van der Waals surface area contributed by atoms with Gasteiger partial charge in [-0.25, -0.2) is 28.3 Å². The molecule has 2 aliphatic heterocycles. The molecule has 2 aromatic carbocycles. The summed E-state index contributed by atoms with van der Waals surface area (Å²) in [5, 5.41) is 23.0. The van der Waals surface area contributed by atoms with E-state index >= 15 is 8.78 Å². The molecule has 2 aromatic heterocycles. The Morgan fingerprint density at radius 2 is 1.21 bits per heavy atom. The maximum Gasteiger partial charge on any atom is 0.348 e. The van der Waals surface area contributed by atoms with E-state index in [1.165, 1.54) is 26.1 Å². The quantitative estimate of drug-likeness (QED) is 0.0759. The number of aryl methyl sites for hydroxylation is 1. The van der Waals surface area contributed by atoms with E-state index in [-0.39, 0.29) is 60.7 Å². The number of ether oxygens (including phenoxy) is 8. The highest BCUT2D eigenvalue weighted by atomic mass is 19.1. The van der Waals surface area contributed by atoms with Gasteiger partial charge in [0.2, 0.25) is 11.5 Å². The third-order valence-corrected chi connectivity index (χ3v) is 14.1. The number of anilines is 1. The van der Waals surface area contributed by atoms with E-state index in [9.17, 15) is 19.8 Å². The molecule has 6 aliphatic rings. The Kier molecular flexibility index (Phi) is 17.4. The molecule has 15 nitrogen and oxygen atoms in total. The first-order valence-electron chi connectivity index (χ1n) is 25.7. The minimum absolute atomic E-state index is 0.0187. The summed E-state index contributed by atoms with van der Waals surface area (Å²) in [6, 6.07) is 9.97. The highest BCUT2D eigenvalue weighted by Gasteiger charge is 2.44. The molecule has 17 heteroatoms. The lowest BCUT2D eigenvalue weighted by molar-refractivity contribution is -0.164. The van der Waals surface area contributed by atoms with Gasteiger partial charge in [-0.2, -0.15) is 0 Å². The Bertz CT molecular complexity index is 2500. The van der Waals surface area contributed by atoms with Crippen molar-refractivity contribution >= 4 is 17.8 Å². The first-order valence-corrected chi connectivity index (χ1v) is 25.7. The number of aromatic nitrogens is 2. The van der Waals surface area contributed by atoms with Gasteiger partial charge in [-0.05, 0) is 86.6 Å². The van der Waals surface area contributed by atoms with Gasteiger partial charge in [-0.1, -0.05) is 39.5 Å². The average molecular weight is 1000 g/mol. The number of pyridine rings is 2. The van der Waals surface area contributed by atoms with Crippen LogP contribution in [0.15, 0.2) is 48.8 Å². The van der Waals surface area contributed by atoms with Gasteiger partial charge in [0, 0.05) is 91.7 Å². The normalized spacial score (nSPS) is 19.1. The zero-order valence-electron chi connectivity index (χ0n) is 41.9. The molecule has 0 bridgehead atoms. The van der Waals surface area contributed by atoms with Gasteiger partial charge < -0.3 is 53.4 Å². The topological polar surface area (TPSA) is 186 Å². The smallest absolute Gasteiger partial charge is 0.348 e. The lowest BCUT2D eigenvalue weighted by Gasteiger charge is -2.34. The van der Waals surface area contributed by atoms with Crippen LogP contribution in [0, 0.1) is 17.6 Å². The third-order valence-electron chi connectivity index (χ3n) is 14.1. The number of hydrogen-bond acceptors (Lipinski definition) is 13. The largest absolute Gasteiger partial charge is 0.497 e. The van der Waals surface area contributed by atoms with Crippen molar-refractivity contribution in [2.75, 3.05) is 46.0 Å². The third kappa shape index (κ3) is 13.1. The number of carboxylic acid groups (broad SMARTS) is 2. The Balaban J connectivity index is 0.000000187. The van der Waals surface area contributed by atoms with Crippen molar-refractivity contribution in [1.29, 1.82) is 0 Å². The number of nitrogens with one attached hydrogen (secondary N) is 1. The van der Waals surface area contributed by atoms with E-state index in [1.807, 2.05) is 19.9 Å². The van der Waals surface area contributed by atoms with Crippen LogP contribution in [0.1, 0.15) is 121 Å². The Hall–Kier alpha value is -5.78. The fraction of sp³-hybridized carbons (Fsp3) is 0.564. The summed E-state index contributed by atoms with van der Waals surface area (Å²) in [6.07, 6.45) is 16.6. The van der Waals surface area contributed by atoms with Crippen LogP contribution < -0.4 is 29.0 Å². The van der Waals surface area contributed by atoms with E-state index in [0.29, 0.717) is 84.8 Å². The Morgan fingerprint density at radius 3 is 1.72 bits per heavy atom. The number of nitrogens with zero attached hydrogens (tertiary/aromatic N) is 2. The second kappa shape index (κ2) is 23.8. The summed E-state index contributed by atoms with van der Waals surface area (Å²) in [7, 11) is 3.08. The van der Waals surface area contributed by atoms with Crippen LogP contribution in [-0.4, -0.2) is 102 Å². The molecule has 0 atom stereocenters. The lowest BCUT2D eigenvalue weighted by Crippen LogP contribution is -2.50. The van der Waals surface area contributed by atoms with E-state index in [2.05, 4.69) is 15.3 Å². The predicted octanol–water partition coefficient (Wildman–Crippen LogP) is 10.8. The lowest BCUT2D eigenvalue weighted by atomic mass is 9.90. The standard InChI is InChI=1S/C27H32FNO7.C26H31FN2O5.C2H6/c1-32-20-13-21(25(28)23(14-20)35-19-6-7-19)22-15-29-24(12-17(22)16-34-18-4-2-3-5-18)36-27(26(30)31)8-10-33-11-9-27;1-32-19-13-20(24(27)22(14-19)34-18-6-7-18)21-15-28-23(12-17(21)5-4-16-2-3-16)29-26(25(30)31)8-10-33-11-9-26;1-2/h12-15,18-19H,2-11,16H2,1H3,(H,30,31);12-16,18H,2-11H2,1H3,(H,28,29)(H,30,31);1-2H3. The van der Waals surface area contributed by atoms with Gasteiger partial charge in [0.25, 0.3) is 0 Å². The number of aliphatic carboxylic acids is 2. The van der Waals surface area contributed by atoms with Gasteiger partial charge >= 0.3 is 11.9 Å². The van der Waals surface area contributed by atoms with Gasteiger partial charge in [0.15, 0.2) is 23.1 Å². The highest BCUT2D eigenvalue weighted by molar-refractivity contribution is 5.83. The molecule has 10 rings (SSSR count). The van der Waals surface area contributed by atoms with Crippen LogP contribution in [0.4, 0.5) is 14.6 Å². The highest BCUT2D eigenvalue weighted by Crippen LogP contribution is 2.43. The fourth-order valence-corrected chi connectivity index (χ4v) is 9.23. The molecule has 0 unspecified atom stereocenters. The SMILES string of the molecule is CC.COc1cc(OC2CC2)c(F)c(-c2cnc(NC3(C(=O)O)CCOCC3)cc2CCC2CC2)c1.COc1cc(OC2CC2)c(F)c(-c2cnc(OC3(C(=O)O)CCOCC3)cc2COC2CCCC2)c1. The summed E-state index contributed by atoms with van der Waals surface area (Å²) in [4.78, 5) is 33.1. The predicted molar refractivity (Wildman–Crippen MR) is 264 cm³/mol. The molecule has 4 aromatic rings. The minimum atomic E-state index is -1.41. The van der Waals surface area contributed by atoms with Crippen molar-refractivity contribution in [3.8, 4) is 51.1 Å². The van der Waals surface area contributed by atoms with Crippen LogP contribution in [-0.2, 0) is 36.8 Å². The second-order valence-corrected chi connectivity index (χ2v) is 19.4. The van der Waals surface area contributed by atoms with Crippen LogP contribution in [0.5, 0.6) is 28.9 Å². The van der Waals surface area contributed by atoms with Crippen molar-refractivity contribution in [1.82, 2.24) is 9.97 Å². The molecule has 4 saturated carbocycles. The Morgan fingerprint density at radius 1 is 0.667 bits per heavy atom. The van der Waals surface area contributed by atoms with Crippen LogP contribution >= 0.6 is 0 Å². The van der Waals surface area contributed by atoms with Gasteiger partial charge in [-0.15, -0.1) is 0 Å². The molecular weight excluding hydrogens is 933 g/mol. The van der Waals surface area contributed by atoms with E-state index in [4.69, 9.17) is 37.9 Å². The summed E-state index contributed by atoms with van der Waals surface area (Å²) >= 11 is 0. The molecule has 4 aliphatic carbocycles. The van der Waals surface area contributed by atoms with E-state index < -0.39 is 34.7 Å². The summed E-state index contributed by atoms with van der Waals surface area (Å²) < 4.78 is 76.5. The molecule has 0 spiro atoms. The van der Waals surface area contributed by atoms with Crippen molar-refractivity contribution in [2.45, 2.75) is 153 Å². The monoisotopic (exact) mass is 1000 g/mol. The Labute approximate surface area is 420 Å². The van der Waals surface area contributed by atoms with Crippen LogP contribution in [0.25, 0.3) is 22.3 Å². The number of methoxy groups -OCH3 is 2. The molecule has 2 saturated heterocycles.